The van der Waals surface area contributed by atoms with Crippen molar-refractivity contribution in [2.45, 2.75) is 33.6 Å². The van der Waals surface area contributed by atoms with Crippen LogP contribution in [0, 0.1) is 0 Å². The largest absolute Gasteiger partial charge is 0.463 e. The molecule has 2 rings (SSSR count). The molecule has 1 atom stereocenters. The van der Waals surface area contributed by atoms with Gasteiger partial charge in [0.2, 0.25) is 0 Å². The first-order valence-electron chi connectivity index (χ1n) is 8.36. The Hall–Kier alpha value is -1.33. The van der Waals surface area contributed by atoms with Gasteiger partial charge in [-0.05, 0) is 30.1 Å². The molecule has 5 heteroatoms. The monoisotopic (exact) mass is 363 g/mol. The van der Waals surface area contributed by atoms with Crippen LogP contribution in [0.1, 0.15) is 39.2 Å². The number of benzene rings is 1. The molecule has 0 spiro atoms. The first-order chi connectivity index (χ1) is 11.6. The molecule has 1 aromatic heterocycles. The molecule has 0 fully saturated rings. The lowest BCUT2D eigenvalue weighted by molar-refractivity contribution is -0.138. The van der Waals surface area contributed by atoms with Crippen LogP contribution in [0.5, 0.6) is 0 Å². The van der Waals surface area contributed by atoms with Gasteiger partial charge in [0.1, 0.15) is 0 Å². The third kappa shape index (κ3) is 4.19. The molecular weight excluding hydrogens is 338 g/mol. The fourth-order valence-corrected chi connectivity index (χ4v) is 5.11. The summed E-state index contributed by atoms with van der Waals surface area (Å²) in [5.41, 5.74) is 3.01. The fraction of sp³-hybridized carbons (Fsp3) is 0.421. The van der Waals surface area contributed by atoms with E-state index in [0.29, 0.717) is 6.61 Å². The normalized spacial score (nSPS) is 12.2. The highest BCUT2D eigenvalue weighted by Gasteiger charge is 2.26. The van der Waals surface area contributed by atoms with Gasteiger partial charge in [0.05, 0.1) is 16.4 Å². The number of para-hydroxylation sites is 1. The van der Waals surface area contributed by atoms with Gasteiger partial charge in [-0.25, -0.2) is 4.79 Å². The number of H-pyrrole nitrogens is 1. The molecule has 3 nitrogen and oxygen atoms in total. The average molecular weight is 364 g/mol. The van der Waals surface area contributed by atoms with E-state index in [1.165, 1.54) is 0 Å². The van der Waals surface area contributed by atoms with Crippen LogP contribution in [0.2, 0.25) is 0 Å². The molecule has 1 unspecified atom stereocenters. The SMILES string of the molecule is CCOC(=O)C(=C(SCC)SCC)C(C)c1c[nH]c2ccccc12. The van der Waals surface area contributed by atoms with E-state index in [2.05, 4.69) is 37.9 Å². The Labute approximate surface area is 152 Å². The minimum absolute atomic E-state index is 0.0201. The molecule has 0 saturated heterocycles. The molecule has 0 amide bonds. The topological polar surface area (TPSA) is 42.1 Å². The molecule has 0 saturated carbocycles. The highest BCUT2D eigenvalue weighted by atomic mass is 32.2. The number of ether oxygens (including phenoxy) is 1. The summed E-state index contributed by atoms with van der Waals surface area (Å²) in [6.07, 6.45) is 2.01. The maximum atomic E-state index is 12.7. The molecule has 0 bridgehead atoms. The number of carbonyl (C=O) groups is 1. The number of fused-ring (bicyclic) bond motifs is 1. The number of hydrogen-bond donors (Lipinski definition) is 1. The molecule has 0 radical (unpaired) electrons. The Bertz CT molecular complexity index is 713. The number of hydrogen-bond acceptors (Lipinski definition) is 4. The van der Waals surface area contributed by atoms with Gasteiger partial charge >= 0.3 is 5.97 Å². The van der Waals surface area contributed by atoms with Crippen molar-refractivity contribution in [3.05, 3.63) is 45.8 Å². The molecule has 1 N–H and O–H groups in total. The number of esters is 1. The summed E-state index contributed by atoms with van der Waals surface area (Å²) in [6.45, 7) is 8.56. The second kappa shape index (κ2) is 9.23. The van der Waals surface area contributed by atoms with Crippen molar-refractivity contribution in [1.82, 2.24) is 4.98 Å². The van der Waals surface area contributed by atoms with Crippen molar-refractivity contribution in [3.63, 3.8) is 0 Å². The van der Waals surface area contributed by atoms with Crippen LogP contribution >= 0.6 is 23.5 Å². The summed E-state index contributed by atoms with van der Waals surface area (Å²) in [7, 11) is 0. The second-order valence-corrected chi connectivity index (χ2v) is 8.11. The van der Waals surface area contributed by atoms with Crippen LogP contribution in [0.3, 0.4) is 0 Å². The highest BCUT2D eigenvalue weighted by molar-refractivity contribution is 8.22. The smallest absolute Gasteiger partial charge is 0.336 e. The lowest BCUT2D eigenvalue weighted by Gasteiger charge is -2.19. The van der Waals surface area contributed by atoms with Crippen molar-refractivity contribution in [3.8, 4) is 0 Å². The number of thioether (sulfide) groups is 2. The van der Waals surface area contributed by atoms with E-state index in [-0.39, 0.29) is 11.9 Å². The van der Waals surface area contributed by atoms with E-state index in [4.69, 9.17) is 4.74 Å². The van der Waals surface area contributed by atoms with Crippen molar-refractivity contribution in [1.29, 1.82) is 0 Å². The quantitative estimate of drug-likeness (QED) is 0.493. The van der Waals surface area contributed by atoms with Crippen molar-refractivity contribution >= 4 is 40.4 Å². The fourth-order valence-electron chi connectivity index (χ4n) is 2.71. The number of aromatic nitrogens is 1. The van der Waals surface area contributed by atoms with Gasteiger partial charge in [0.25, 0.3) is 0 Å². The van der Waals surface area contributed by atoms with Gasteiger partial charge < -0.3 is 9.72 Å². The van der Waals surface area contributed by atoms with Crippen LogP contribution < -0.4 is 0 Å². The Morgan fingerprint density at radius 2 is 1.83 bits per heavy atom. The van der Waals surface area contributed by atoms with Gasteiger partial charge in [-0.1, -0.05) is 39.0 Å². The van der Waals surface area contributed by atoms with Crippen LogP contribution in [0.25, 0.3) is 10.9 Å². The molecule has 130 valence electrons. The van der Waals surface area contributed by atoms with Crippen LogP contribution in [-0.4, -0.2) is 29.1 Å². The average Bonchev–Trinajstić information content (AvgIpc) is 2.99. The van der Waals surface area contributed by atoms with Gasteiger partial charge in [-0.2, -0.15) is 0 Å². The van der Waals surface area contributed by atoms with Crippen LogP contribution in [0.4, 0.5) is 0 Å². The van der Waals surface area contributed by atoms with Crippen molar-refractivity contribution in [2.24, 2.45) is 0 Å². The van der Waals surface area contributed by atoms with E-state index in [1.54, 1.807) is 23.5 Å². The van der Waals surface area contributed by atoms with E-state index >= 15 is 0 Å². The zero-order valence-electron chi connectivity index (χ0n) is 14.7. The Morgan fingerprint density at radius 3 is 2.46 bits per heavy atom. The van der Waals surface area contributed by atoms with Crippen LogP contribution in [0.15, 0.2) is 40.3 Å². The third-order valence-electron chi connectivity index (χ3n) is 3.79. The van der Waals surface area contributed by atoms with Crippen molar-refractivity contribution < 1.29 is 9.53 Å². The molecule has 24 heavy (non-hydrogen) atoms. The predicted octanol–water partition coefficient (Wildman–Crippen LogP) is 5.55. The Kier molecular flexibility index (Phi) is 7.31. The van der Waals surface area contributed by atoms with Crippen molar-refractivity contribution in [2.75, 3.05) is 18.1 Å². The number of aromatic amines is 1. The summed E-state index contributed by atoms with van der Waals surface area (Å²) in [6, 6.07) is 8.20. The van der Waals surface area contributed by atoms with E-state index < -0.39 is 0 Å². The van der Waals surface area contributed by atoms with Gasteiger partial charge in [-0.15, -0.1) is 23.5 Å². The lowest BCUT2D eigenvalue weighted by atomic mass is 9.93. The zero-order chi connectivity index (χ0) is 17.5. The van der Waals surface area contributed by atoms with E-state index in [0.717, 1.165) is 37.8 Å². The third-order valence-corrected chi connectivity index (χ3v) is 6.04. The van der Waals surface area contributed by atoms with Gasteiger partial charge in [-0.3, -0.25) is 0 Å². The summed E-state index contributed by atoms with van der Waals surface area (Å²) < 4.78 is 6.46. The summed E-state index contributed by atoms with van der Waals surface area (Å²) in [5.74, 6) is 1.65. The predicted molar refractivity (Wildman–Crippen MR) is 107 cm³/mol. The first kappa shape index (κ1) is 19.0. The summed E-state index contributed by atoms with van der Waals surface area (Å²) in [5, 5.41) is 1.16. The minimum Gasteiger partial charge on any atom is -0.463 e. The van der Waals surface area contributed by atoms with Crippen LogP contribution in [-0.2, 0) is 9.53 Å². The Morgan fingerprint density at radius 1 is 1.17 bits per heavy atom. The first-order valence-corrected chi connectivity index (χ1v) is 10.3. The molecule has 0 aliphatic heterocycles. The lowest BCUT2D eigenvalue weighted by Crippen LogP contribution is -2.14. The summed E-state index contributed by atoms with van der Waals surface area (Å²) >= 11 is 3.45. The maximum Gasteiger partial charge on any atom is 0.336 e. The molecule has 0 aliphatic rings. The highest BCUT2D eigenvalue weighted by Crippen LogP contribution is 2.40. The molecule has 1 heterocycles. The molecular formula is C19H25NO2S2. The van der Waals surface area contributed by atoms with Gasteiger partial charge in [0.15, 0.2) is 0 Å². The van der Waals surface area contributed by atoms with E-state index in [9.17, 15) is 4.79 Å². The maximum absolute atomic E-state index is 12.7. The molecule has 2 aromatic rings. The number of carbonyl (C=O) groups excluding carboxylic acids is 1. The molecule has 1 aromatic carbocycles. The standard InChI is InChI=1S/C19H25NO2S2/c1-5-22-18(21)17(19(23-6-2)24-7-3)13(4)15-12-20-16-11-9-8-10-14(15)16/h8-13,20H,5-7H2,1-4H3. The minimum atomic E-state index is -0.202. The van der Waals surface area contributed by atoms with Gasteiger partial charge in [0, 0.05) is 23.0 Å². The second-order valence-electron chi connectivity index (χ2n) is 5.30. The number of nitrogens with one attached hydrogen (secondary N) is 1. The zero-order valence-corrected chi connectivity index (χ0v) is 16.4. The summed E-state index contributed by atoms with van der Waals surface area (Å²) in [4.78, 5) is 16.0. The van der Waals surface area contributed by atoms with E-state index in [1.807, 2.05) is 25.3 Å². The number of rotatable bonds is 8. The Balaban J connectivity index is 2.52. The molecule has 0 aliphatic carbocycles.